The maximum absolute atomic E-state index is 12.2. The topological polar surface area (TPSA) is 68.8 Å². The predicted molar refractivity (Wildman–Crippen MR) is 92.2 cm³/mol. The molecule has 2 N–H and O–H groups in total. The van der Waals surface area contributed by atoms with Crippen molar-refractivity contribution >= 4 is 6.03 Å². The van der Waals surface area contributed by atoms with Gasteiger partial charge in [0, 0.05) is 12.0 Å². The van der Waals surface area contributed by atoms with Crippen LogP contribution in [0.1, 0.15) is 18.0 Å². The maximum atomic E-state index is 12.2. The Balaban J connectivity index is 1.31. The molecule has 4 rings (SSSR count). The van der Waals surface area contributed by atoms with Crippen molar-refractivity contribution in [2.24, 2.45) is 0 Å². The summed E-state index contributed by atoms with van der Waals surface area (Å²) in [5, 5.41) is 5.87. The molecule has 0 aliphatic carbocycles. The lowest BCUT2D eigenvalue weighted by Crippen LogP contribution is -2.45. The van der Waals surface area contributed by atoms with Crippen LogP contribution in [0.15, 0.2) is 48.5 Å². The predicted octanol–water partition coefficient (Wildman–Crippen LogP) is 2.65. The number of hydrogen-bond donors (Lipinski definition) is 2. The molecule has 0 saturated carbocycles. The van der Waals surface area contributed by atoms with Crippen molar-refractivity contribution in [3.8, 4) is 17.2 Å². The fourth-order valence-electron chi connectivity index (χ4n) is 3.07. The van der Waals surface area contributed by atoms with Gasteiger partial charge in [0.2, 0.25) is 0 Å². The third-order valence-electron chi connectivity index (χ3n) is 4.32. The molecule has 0 spiro atoms. The number of benzene rings is 2. The quantitative estimate of drug-likeness (QED) is 0.901. The van der Waals surface area contributed by atoms with Crippen molar-refractivity contribution in [3.63, 3.8) is 0 Å². The number of amides is 2. The zero-order valence-electron chi connectivity index (χ0n) is 13.7. The van der Waals surface area contributed by atoms with Gasteiger partial charge in [-0.1, -0.05) is 30.3 Å². The number of ether oxygens (including phenoxy) is 3. The average Bonchev–Trinajstić information content (AvgIpc) is 2.66. The smallest absolute Gasteiger partial charge is 0.315 e. The number of urea groups is 1. The standard InChI is InChI=1S/C19H20N2O4/c22-19(21-15-9-10-23-16-6-2-1-5-14(15)16)20-11-13-12-24-17-7-3-4-8-18(17)25-13/h1-8,13,15H,9-12H2,(H2,20,21,22)/t13-,15-/m1/s1. The first-order valence-electron chi connectivity index (χ1n) is 8.44. The molecule has 0 bridgehead atoms. The van der Waals surface area contributed by atoms with Gasteiger partial charge >= 0.3 is 6.03 Å². The van der Waals surface area contributed by atoms with E-state index >= 15 is 0 Å². The molecule has 0 radical (unpaired) electrons. The van der Waals surface area contributed by atoms with Gasteiger partial charge in [-0.15, -0.1) is 0 Å². The number of para-hydroxylation sites is 3. The van der Waals surface area contributed by atoms with Gasteiger partial charge in [0.05, 0.1) is 19.2 Å². The molecule has 2 atom stereocenters. The van der Waals surface area contributed by atoms with Crippen molar-refractivity contribution in [2.75, 3.05) is 19.8 Å². The lowest BCUT2D eigenvalue weighted by atomic mass is 10.0. The molecule has 2 aromatic rings. The van der Waals surface area contributed by atoms with E-state index in [0.717, 1.165) is 23.5 Å². The fraction of sp³-hybridized carbons (Fsp3) is 0.316. The summed E-state index contributed by atoms with van der Waals surface area (Å²) in [6.07, 6.45) is 0.545. The summed E-state index contributed by atoms with van der Waals surface area (Å²) in [6.45, 7) is 1.39. The molecule has 0 saturated heterocycles. The van der Waals surface area contributed by atoms with E-state index in [0.29, 0.717) is 25.5 Å². The monoisotopic (exact) mass is 340 g/mol. The maximum Gasteiger partial charge on any atom is 0.315 e. The summed E-state index contributed by atoms with van der Waals surface area (Å²) in [5.41, 5.74) is 1.01. The summed E-state index contributed by atoms with van der Waals surface area (Å²) in [7, 11) is 0. The Morgan fingerprint density at radius 2 is 1.76 bits per heavy atom. The van der Waals surface area contributed by atoms with Gasteiger partial charge < -0.3 is 24.8 Å². The first-order chi connectivity index (χ1) is 12.3. The minimum atomic E-state index is -0.218. The lowest BCUT2D eigenvalue weighted by molar-refractivity contribution is 0.0916. The molecular formula is C19H20N2O4. The van der Waals surface area contributed by atoms with Crippen LogP contribution in [0, 0.1) is 0 Å². The SMILES string of the molecule is O=C(NC[C@@H]1COc2ccccc2O1)N[C@@H]1CCOc2ccccc21. The van der Waals surface area contributed by atoms with Crippen LogP contribution >= 0.6 is 0 Å². The highest BCUT2D eigenvalue weighted by Crippen LogP contribution is 2.32. The van der Waals surface area contributed by atoms with Crippen molar-refractivity contribution in [2.45, 2.75) is 18.6 Å². The highest BCUT2D eigenvalue weighted by molar-refractivity contribution is 5.74. The molecule has 0 fully saturated rings. The van der Waals surface area contributed by atoms with E-state index in [1.807, 2.05) is 48.5 Å². The average molecular weight is 340 g/mol. The first-order valence-corrected chi connectivity index (χ1v) is 8.44. The summed E-state index contributed by atoms with van der Waals surface area (Å²) in [5.74, 6) is 2.28. The molecule has 0 aromatic heterocycles. The van der Waals surface area contributed by atoms with Crippen LogP contribution in [0.5, 0.6) is 17.2 Å². The van der Waals surface area contributed by atoms with Gasteiger partial charge in [-0.05, 0) is 18.2 Å². The molecule has 25 heavy (non-hydrogen) atoms. The van der Waals surface area contributed by atoms with E-state index < -0.39 is 0 Å². The van der Waals surface area contributed by atoms with Gasteiger partial charge in [0.25, 0.3) is 0 Å². The van der Waals surface area contributed by atoms with Crippen molar-refractivity contribution in [3.05, 3.63) is 54.1 Å². The molecule has 6 nitrogen and oxygen atoms in total. The Morgan fingerprint density at radius 1 is 1.00 bits per heavy atom. The lowest BCUT2D eigenvalue weighted by Gasteiger charge is -2.28. The largest absolute Gasteiger partial charge is 0.493 e. The number of rotatable bonds is 3. The summed E-state index contributed by atoms with van der Waals surface area (Å²) in [4.78, 5) is 12.2. The summed E-state index contributed by atoms with van der Waals surface area (Å²) in [6, 6.07) is 15.0. The zero-order chi connectivity index (χ0) is 17.1. The number of hydrogen-bond acceptors (Lipinski definition) is 4. The zero-order valence-corrected chi connectivity index (χ0v) is 13.7. The molecule has 2 amide bonds. The van der Waals surface area contributed by atoms with Gasteiger partial charge in [0.15, 0.2) is 17.6 Å². The van der Waals surface area contributed by atoms with E-state index in [1.165, 1.54) is 0 Å². The van der Waals surface area contributed by atoms with E-state index in [9.17, 15) is 4.79 Å². The van der Waals surface area contributed by atoms with Crippen LogP contribution in [-0.4, -0.2) is 31.9 Å². The molecule has 130 valence electrons. The van der Waals surface area contributed by atoms with E-state index in [2.05, 4.69) is 10.6 Å². The molecule has 6 heteroatoms. The van der Waals surface area contributed by atoms with Crippen LogP contribution in [0.25, 0.3) is 0 Å². The third-order valence-corrected chi connectivity index (χ3v) is 4.32. The third kappa shape index (κ3) is 3.47. The summed E-state index contributed by atoms with van der Waals surface area (Å²) >= 11 is 0. The second-order valence-corrected chi connectivity index (χ2v) is 6.08. The molecule has 0 unspecified atom stereocenters. The van der Waals surface area contributed by atoms with Gasteiger partial charge in [0.1, 0.15) is 12.4 Å². The number of carbonyl (C=O) groups is 1. The number of fused-ring (bicyclic) bond motifs is 2. The normalized spacial score (nSPS) is 20.8. The van der Waals surface area contributed by atoms with Crippen LogP contribution in [0.2, 0.25) is 0 Å². The van der Waals surface area contributed by atoms with Gasteiger partial charge in [-0.25, -0.2) is 4.79 Å². The number of nitrogens with one attached hydrogen (secondary N) is 2. The Bertz CT molecular complexity index is 765. The highest BCUT2D eigenvalue weighted by atomic mass is 16.6. The second-order valence-electron chi connectivity index (χ2n) is 6.08. The van der Waals surface area contributed by atoms with Crippen molar-refractivity contribution in [1.29, 1.82) is 0 Å². The first kappa shape index (κ1) is 15.6. The van der Waals surface area contributed by atoms with Crippen LogP contribution in [0.3, 0.4) is 0 Å². The Morgan fingerprint density at radius 3 is 2.64 bits per heavy atom. The molecular weight excluding hydrogens is 320 g/mol. The van der Waals surface area contributed by atoms with E-state index in [4.69, 9.17) is 14.2 Å². The van der Waals surface area contributed by atoms with Crippen molar-refractivity contribution < 1.29 is 19.0 Å². The van der Waals surface area contributed by atoms with Crippen molar-refractivity contribution in [1.82, 2.24) is 10.6 Å². The van der Waals surface area contributed by atoms with Crippen LogP contribution in [0.4, 0.5) is 4.79 Å². The number of carbonyl (C=O) groups excluding carboxylic acids is 1. The second kappa shape index (κ2) is 6.93. The Hall–Kier alpha value is -2.89. The summed E-state index contributed by atoms with van der Waals surface area (Å²) < 4.78 is 17.1. The minimum absolute atomic E-state index is 0.0470. The minimum Gasteiger partial charge on any atom is -0.493 e. The van der Waals surface area contributed by atoms with Crippen LogP contribution < -0.4 is 24.8 Å². The molecule has 2 aromatic carbocycles. The Kier molecular flexibility index (Phi) is 4.33. The van der Waals surface area contributed by atoms with Gasteiger partial charge in [-0.2, -0.15) is 0 Å². The van der Waals surface area contributed by atoms with Gasteiger partial charge in [-0.3, -0.25) is 0 Å². The molecule has 2 heterocycles. The van der Waals surface area contributed by atoms with E-state index in [1.54, 1.807) is 0 Å². The van der Waals surface area contributed by atoms with Crippen LogP contribution in [-0.2, 0) is 0 Å². The molecule has 2 aliphatic heterocycles. The fourth-order valence-corrected chi connectivity index (χ4v) is 3.07. The Labute approximate surface area is 146 Å². The van der Waals surface area contributed by atoms with E-state index in [-0.39, 0.29) is 18.2 Å². The molecule has 2 aliphatic rings. The highest BCUT2D eigenvalue weighted by Gasteiger charge is 2.24.